The maximum atomic E-state index is 6.27. The number of pyridine rings is 1. The molecule has 0 bridgehead atoms. The SMILES string of the molecule is Cc1cc([C@H]2CCCN2Cc2ccc3cccc(Cl)c3n2)on1. The van der Waals surface area contributed by atoms with Gasteiger partial charge in [0.1, 0.15) is 0 Å². The number of fused-ring (bicyclic) bond motifs is 1. The lowest BCUT2D eigenvalue weighted by molar-refractivity contribution is 0.205. The second kappa shape index (κ2) is 5.95. The number of aromatic nitrogens is 2. The van der Waals surface area contributed by atoms with E-state index in [9.17, 15) is 0 Å². The molecular formula is C18H18ClN3O. The van der Waals surface area contributed by atoms with Crippen molar-refractivity contribution in [2.45, 2.75) is 32.4 Å². The molecule has 1 atom stereocenters. The lowest BCUT2D eigenvalue weighted by atomic mass is 10.1. The number of para-hydroxylation sites is 1. The summed E-state index contributed by atoms with van der Waals surface area (Å²) in [7, 11) is 0. The molecule has 4 nitrogen and oxygen atoms in total. The molecule has 1 aromatic carbocycles. The Labute approximate surface area is 140 Å². The van der Waals surface area contributed by atoms with Crippen LogP contribution in [0.1, 0.15) is 36.0 Å². The van der Waals surface area contributed by atoms with Gasteiger partial charge in [-0.25, -0.2) is 4.98 Å². The van der Waals surface area contributed by atoms with Crippen LogP contribution in [-0.2, 0) is 6.54 Å². The minimum atomic E-state index is 0.292. The minimum absolute atomic E-state index is 0.292. The third-order valence-corrected chi connectivity index (χ3v) is 4.74. The van der Waals surface area contributed by atoms with Gasteiger partial charge in [-0.15, -0.1) is 0 Å². The number of halogens is 1. The van der Waals surface area contributed by atoms with Crippen molar-refractivity contribution in [3.63, 3.8) is 0 Å². The number of hydrogen-bond acceptors (Lipinski definition) is 4. The highest BCUT2D eigenvalue weighted by Gasteiger charge is 2.29. The van der Waals surface area contributed by atoms with Crippen LogP contribution in [-0.4, -0.2) is 21.6 Å². The summed E-state index contributed by atoms with van der Waals surface area (Å²) in [5.41, 5.74) is 2.84. The highest BCUT2D eigenvalue weighted by atomic mass is 35.5. The van der Waals surface area contributed by atoms with Gasteiger partial charge >= 0.3 is 0 Å². The molecule has 0 amide bonds. The molecule has 5 heteroatoms. The molecule has 1 fully saturated rings. The van der Waals surface area contributed by atoms with Crippen LogP contribution in [0.3, 0.4) is 0 Å². The third kappa shape index (κ3) is 2.84. The third-order valence-electron chi connectivity index (χ3n) is 4.43. The first-order valence-electron chi connectivity index (χ1n) is 7.92. The van der Waals surface area contributed by atoms with Crippen molar-refractivity contribution in [2.75, 3.05) is 6.54 Å². The van der Waals surface area contributed by atoms with Gasteiger partial charge in [0.05, 0.1) is 28.0 Å². The van der Waals surface area contributed by atoms with Crippen molar-refractivity contribution in [2.24, 2.45) is 0 Å². The van der Waals surface area contributed by atoms with E-state index in [1.165, 1.54) is 6.42 Å². The number of nitrogens with zero attached hydrogens (tertiary/aromatic N) is 3. The second-order valence-electron chi connectivity index (χ2n) is 6.11. The van der Waals surface area contributed by atoms with Gasteiger partial charge in [-0.2, -0.15) is 0 Å². The van der Waals surface area contributed by atoms with Crippen molar-refractivity contribution in [1.82, 2.24) is 15.0 Å². The quantitative estimate of drug-likeness (QED) is 0.709. The minimum Gasteiger partial charge on any atom is -0.359 e. The van der Waals surface area contributed by atoms with E-state index in [-0.39, 0.29) is 0 Å². The molecular weight excluding hydrogens is 310 g/mol. The monoisotopic (exact) mass is 327 g/mol. The van der Waals surface area contributed by atoms with E-state index in [2.05, 4.69) is 22.2 Å². The molecule has 0 saturated carbocycles. The molecule has 4 rings (SSSR count). The largest absolute Gasteiger partial charge is 0.359 e. The zero-order valence-electron chi connectivity index (χ0n) is 13.0. The van der Waals surface area contributed by atoms with E-state index >= 15 is 0 Å². The molecule has 0 radical (unpaired) electrons. The van der Waals surface area contributed by atoms with E-state index < -0.39 is 0 Å². The number of hydrogen-bond donors (Lipinski definition) is 0. The molecule has 0 N–H and O–H groups in total. The van der Waals surface area contributed by atoms with Crippen LogP contribution in [0.5, 0.6) is 0 Å². The van der Waals surface area contributed by atoms with Crippen LogP contribution in [0, 0.1) is 6.92 Å². The normalized spacial score (nSPS) is 18.8. The van der Waals surface area contributed by atoms with Gasteiger partial charge < -0.3 is 4.52 Å². The van der Waals surface area contributed by atoms with E-state index in [0.717, 1.165) is 47.6 Å². The summed E-state index contributed by atoms with van der Waals surface area (Å²) in [5, 5.41) is 5.80. The van der Waals surface area contributed by atoms with Gasteiger partial charge in [-0.1, -0.05) is 35.0 Å². The van der Waals surface area contributed by atoms with Gasteiger partial charge in [0, 0.05) is 18.0 Å². The standard InChI is InChI=1S/C18H18ClN3O/c1-12-10-17(23-21-12)16-6-3-9-22(16)11-14-8-7-13-4-2-5-15(19)18(13)20-14/h2,4-5,7-8,10,16H,3,6,9,11H2,1H3/t16-/m1/s1. The fourth-order valence-electron chi connectivity index (χ4n) is 3.33. The first-order chi connectivity index (χ1) is 11.2. The van der Waals surface area contributed by atoms with Crippen LogP contribution < -0.4 is 0 Å². The molecule has 0 spiro atoms. The molecule has 0 unspecified atom stereocenters. The van der Waals surface area contributed by atoms with Crippen molar-refractivity contribution in [1.29, 1.82) is 0 Å². The molecule has 0 aliphatic carbocycles. The fraction of sp³-hybridized carbons (Fsp3) is 0.333. The first kappa shape index (κ1) is 14.7. The molecule has 1 aliphatic rings. The van der Waals surface area contributed by atoms with E-state index in [0.29, 0.717) is 11.1 Å². The maximum absolute atomic E-state index is 6.27. The molecule has 1 aliphatic heterocycles. The van der Waals surface area contributed by atoms with Crippen LogP contribution in [0.4, 0.5) is 0 Å². The molecule has 23 heavy (non-hydrogen) atoms. The lowest BCUT2D eigenvalue weighted by Gasteiger charge is -2.22. The first-order valence-corrected chi connectivity index (χ1v) is 8.30. The Kier molecular flexibility index (Phi) is 3.79. The molecule has 3 heterocycles. The van der Waals surface area contributed by atoms with Crippen molar-refractivity contribution in [3.05, 3.63) is 58.6 Å². The van der Waals surface area contributed by atoms with Crippen molar-refractivity contribution >= 4 is 22.5 Å². The van der Waals surface area contributed by atoms with Crippen molar-refractivity contribution < 1.29 is 4.52 Å². The summed E-state index contributed by atoms with van der Waals surface area (Å²) >= 11 is 6.27. The van der Waals surface area contributed by atoms with Crippen LogP contribution in [0.25, 0.3) is 10.9 Å². The summed E-state index contributed by atoms with van der Waals surface area (Å²) < 4.78 is 5.47. The second-order valence-corrected chi connectivity index (χ2v) is 6.52. The van der Waals surface area contributed by atoms with Gasteiger partial charge in [-0.05, 0) is 38.4 Å². The Morgan fingerprint density at radius 2 is 2.22 bits per heavy atom. The van der Waals surface area contributed by atoms with Gasteiger partial charge in [0.25, 0.3) is 0 Å². The predicted molar refractivity (Wildman–Crippen MR) is 90.4 cm³/mol. The van der Waals surface area contributed by atoms with E-state index in [1.54, 1.807) is 0 Å². The van der Waals surface area contributed by atoms with E-state index in [1.807, 2.05) is 31.2 Å². The number of benzene rings is 1. The summed E-state index contributed by atoms with van der Waals surface area (Å²) in [6.07, 6.45) is 2.27. The Morgan fingerprint density at radius 1 is 1.30 bits per heavy atom. The number of rotatable bonds is 3. The number of aryl methyl sites for hydroxylation is 1. The summed E-state index contributed by atoms with van der Waals surface area (Å²) in [6.45, 7) is 3.80. The van der Waals surface area contributed by atoms with Gasteiger partial charge in [-0.3, -0.25) is 4.90 Å². The zero-order chi connectivity index (χ0) is 15.8. The Hall–Kier alpha value is -1.91. The average molecular weight is 328 g/mol. The summed E-state index contributed by atoms with van der Waals surface area (Å²) in [6, 6.07) is 12.4. The zero-order valence-corrected chi connectivity index (χ0v) is 13.8. The average Bonchev–Trinajstić information content (AvgIpc) is 3.17. The maximum Gasteiger partial charge on any atom is 0.154 e. The highest BCUT2D eigenvalue weighted by Crippen LogP contribution is 2.33. The Balaban J connectivity index is 1.60. The lowest BCUT2D eigenvalue weighted by Crippen LogP contribution is -2.23. The highest BCUT2D eigenvalue weighted by molar-refractivity contribution is 6.35. The van der Waals surface area contributed by atoms with Crippen LogP contribution in [0.2, 0.25) is 5.02 Å². The van der Waals surface area contributed by atoms with Crippen LogP contribution >= 0.6 is 11.6 Å². The van der Waals surface area contributed by atoms with Gasteiger partial charge in [0.2, 0.25) is 0 Å². The Bertz CT molecular complexity index is 845. The Morgan fingerprint density at radius 3 is 3.04 bits per heavy atom. The van der Waals surface area contributed by atoms with Crippen LogP contribution in [0.15, 0.2) is 40.9 Å². The molecule has 2 aromatic heterocycles. The summed E-state index contributed by atoms with van der Waals surface area (Å²) in [5.74, 6) is 0.957. The molecule has 118 valence electrons. The van der Waals surface area contributed by atoms with Crippen molar-refractivity contribution in [3.8, 4) is 0 Å². The topological polar surface area (TPSA) is 42.2 Å². The number of likely N-dealkylation sites (tertiary alicyclic amines) is 1. The summed E-state index contributed by atoms with van der Waals surface area (Å²) in [4.78, 5) is 7.16. The smallest absolute Gasteiger partial charge is 0.154 e. The molecule has 3 aromatic rings. The fourth-order valence-corrected chi connectivity index (χ4v) is 3.55. The predicted octanol–water partition coefficient (Wildman–Crippen LogP) is 4.52. The van der Waals surface area contributed by atoms with E-state index in [4.69, 9.17) is 21.1 Å². The molecule has 1 saturated heterocycles. The van der Waals surface area contributed by atoms with Gasteiger partial charge in [0.15, 0.2) is 5.76 Å².